The molecule has 0 spiro atoms. The van der Waals surface area contributed by atoms with Crippen LogP contribution in [0.4, 0.5) is 4.39 Å². The van der Waals surface area contributed by atoms with Crippen molar-refractivity contribution < 1.29 is 9.13 Å². The molecule has 16 heavy (non-hydrogen) atoms. The predicted molar refractivity (Wildman–Crippen MR) is 62.9 cm³/mol. The zero-order valence-corrected chi connectivity index (χ0v) is 10.4. The second-order valence-electron chi connectivity index (χ2n) is 4.10. The van der Waals surface area contributed by atoms with Gasteiger partial charge in [0.2, 0.25) is 0 Å². The second-order valence-corrected chi connectivity index (χ2v) is 4.91. The maximum absolute atomic E-state index is 12.9. The molecule has 0 bridgehead atoms. The summed E-state index contributed by atoms with van der Waals surface area (Å²) in [4.78, 5) is 2.20. The van der Waals surface area contributed by atoms with Gasteiger partial charge in [-0.2, -0.15) is 0 Å². The number of halogens is 3. The van der Waals surface area contributed by atoms with E-state index in [9.17, 15) is 4.39 Å². The summed E-state index contributed by atoms with van der Waals surface area (Å²) in [5.41, 5.74) is 0. The number of benzene rings is 1. The summed E-state index contributed by atoms with van der Waals surface area (Å²) in [6.07, 6.45) is 0. The van der Waals surface area contributed by atoms with Crippen molar-refractivity contribution in [3.05, 3.63) is 28.0 Å². The molecule has 1 aromatic rings. The van der Waals surface area contributed by atoms with Gasteiger partial charge < -0.3 is 9.64 Å². The maximum atomic E-state index is 12.9. The smallest absolute Gasteiger partial charge is 0.156 e. The molecule has 0 atom stereocenters. The summed E-state index contributed by atoms with van der Waals surface area (Å²) >= 11 is 11.7. The molecule has 0 aliphatic carbocycles. The molecular formula is C11H12Cl2FNO. The van der Waals surface area contributed by atoms with Gasteiger partial charge in [0.25, 0.3) is 0 Å². The molecule has 88 valence electrons. The lowest BCUT2D eigenvalue weighted by molar-refractivity contribution is 0.0858. The van der Waals surface area contributed by atoms with Crippen molar-refractivity contribution in [2.75, 3.05) is 26.7 Å². The van der Waals surface area contributed by atoms with Crippen LogP contribution in [0.3, 0.4) is 0 Å². The number of ether oxygens (including phenoxy) is 1. The van der Waals surface area contributed by atoms with E-state index >= 15 is 0 Å². The standard InChI is InChI=1S/C11H12Cl2FNO/c1-15-4-7(5-15)6-16-11-9(12)2-8(14)3-10(11)13/h2-3,7H,4-6H2,1H3. The molecule has 1 saturated heterocycles. The molecule has 1 aromatic carbocycles. The quantitative estimate of drug-likeness (QED) is 0.831. The number of hydrogen-bond donors (Lipinski definition) is 0. The third-order valence-corrected chi connectivity index (χ3v) is 3.13. The number of rotatable bonds is 3. The van der Waals surface area contributed by atoms with E-state index in [1.807, 2.05) is 7.05 Å². The van der Waals surface area contributed by atoms with Gasteiger partial charge >= 0.3 is 0 Å². The molecule has 0 saturated carbocycles. The van der Waals surface area contributed by atoms with Crippen LogP contribution in [0.25, 0.3) is 0 Å². The Balaban J connectivity index is 1.98. The highest BCUT2D eigenvalue weighted by Crippen LogP contribution is 2.34. The Bertz CT molecular complexity index is 371. The summed E-state index contributed by atoms with van der Waals surface area (Å²) in [6.45, 7) is 2.59. The van der Waals surface area contributed by atoms with Crippen molar-refractivity contribution in [3.8, 4) is 5.75 Å². The summed E-state index contributed by atoms with van der Waals surface area (Å²) in [6, 6.07) is 2.41. The fraction of sp³-hybridized carbons (Fsp3) is 0.455. The highest BCUT2D eigenvalue weighted by Gasteiger charge is 2.24. The van der Waals surface area contributed by atoms with E-state index < -0.39 is 5.82 Å². The third-order valence-electron chi connectivity index (χ3n) is 2.57. The zero-order chi connectivity index (χ0) is 11.7. The molecule has 2 rings (SSSR count). The van der Waals surface area contributed by atoms with Crippen molar-refractivity contribution in [3.63, 3.8) is 0 Å². The minimum Gasteiger partial charge on any atom is -0.490 e. The fourth-order valence-electron chi connectivity index (χ4n) is 1.80. The molecule has 0 amide bonds. The van der Waals surface area contributed by atoms with Crippen LogP contribution in [0.2, 0.25) is 10.0 Å². The summed E-state index contributed by atoms with van der Waals surface area (Å²) in [7, 11) is 2.05. The number of hydrogen-bond acceptors (Lipinski definition) is 2. The Morgan fingerprint density at radius 2 is 1.94 bits per heavy atom. The topological polar surface area (TPSA) is 12.5 Å². The van der Waals surface area contributed by atoms with E-state index in [0.29, 0.717) is 18.3 Å². The lowest BCUT2D eigenvalue weighted by atomic mass is 10.0. The van der Waals surface area contributed by atoms with Crippen molar-refractivity contribution >= 4 is 23.2 Å². The maximum Gasteiger partial charge on any atom is 0.156 e. The molecule has 0 aromatic heterocycles. The normalized spacial score (nSPS) is 17.2. The molecular weight excluding hydrogens is 252 g/mol. The third kappa shape index (κ3) is 2.59. The Hall–Kier alpha value is -0.510. The Labute approximate surface area is 104 Å². The largest absolute Gasteiger partial charge is 0.490 e. The lowest BCUT2D eigenvalue weighted by Gasteiger charge is -2.35. The fourth-order valence-corrected chi connectivity index (χ4v) is 2.37. The van der Waals surface area contributed by atoms with Crippen molar-refractivity contribution in [2.24, 2.45) is 5.92 Å². The predicted octanol–water partition coefficient (Wildman–Crippen LogP) is 3.07. The van der Waals surface area contributed by atoms with Crippen molar-refractivity contribution in [1.29, 1.82) is 0 Å². The van der Waals surface area contributed by atoms with Crippen LogP contribution in [0, 0.1) is 11.7 Å². The lowest BCUT2D eigenvalue weighted by Crippen LogP contribution is -2.46. The van der Waals surface area contributed by atoms with Gasteiger partial charge in [-0.3, -0.25) is 0 Å². The van der Waals surface area contributed by atoms with Gasteiger partial charge in [0.05, 0.1) is 16.7 Å². The van der Waals surface area contributed by atoms with E-state index in [1.54, 1.807) is 0 Å². The Kier molecular flexibility index (Phi) is 3.57. The van der Waals surface area contributed by atoms with Gasteiger partial charge in [-0.05, 0) is 19.2 Å². The Morgan fingerprint density at radius 3 is 2.44 bits per heavy atom. The molecule has 1 heterocycles. The van der Waals surface area contributed by atoms with Gasteiger partial charge in [0.1, 0.15) is 5.82 Å². The van der Waals surface area contributed by atoms with Gasteiger partial charge in [0.15, 0.2) is 5.75 Å². The first kappa shape index (κ1) is 12.0. The highest BCUT2D eigenvalue weighted by molar-refractivity contribution is 6.37. The molecule has 1 fully saturated rings. The summed E-state index contributed by atoms with van der Waals surface area (Å²) < 4.78 is 18.4. The van der Waals surface area contributed by atoms with Gasteiger partial charge in [-0.15, -0.1) is 0 Å². The van der Waals surface area contributed by atoms with Crippen LogP contribution < -0.4 is 4.74 Å². The van der Waals surface area contributed by atoms with Crippen LogP contribution in [0.5, 0.6) is 5.75 Å². The van der Waals surface area contributed by atoms with E-state index in [-0.39, 0.29) is 10.0 Å². The average Bonchev–Trinajstić information content (AvgIpc) is 2.12. The molecule has 1 aliphatic heterocycles. The van der Waals surface area contributed by atoms with Crippen molar-refractivity contribution in [2.45, 2.75) is 0 Å². The number of nitrogens with zero attached hydrogens (tertiary/aromatic N) is 1. The zero-order valence-electron chi connectivity index (χ0n) is 8.84. The number of likely N-dealkylation sites (tertiary alicyclic amines) is 1. The summed E-state index contributed by atoms with van der Waals surface area (Å²) in [5.74, 6) is 0.423. The molecule has 5 heteroatoms. The highest BCUT2D eigenvalue weighted by atomic mass is 35.5. The van der Waals surface area contributed by atoms with Crippen LogP contribution in [0.1, 0.15) is 0 Å². The molecule has 0 N–H and O–H groups in total. The van der Waals surface area contributed by atoms with Crippen molar-refractivity contribution in [1.82, 2.24) is 4.90 Å². The molecule has 0 radical (unpaired) electrons. The second kappa shape index (κ2) is 4.78. The van der Waals surface area contributed by atoms with Crippen LogP contribution in [0.15, 0.2) is 12.1 Å². The van der Waals surface area contributed by atoms with Gasteiger partial charge in [-0.1, -0.05) is 23.2 Å². The van der Waals surface area contributed by atoms with E-state index in [4.69, 9.17) is 27.9 Å². The first-order valence-electron chi connectivity index (χ1n) is 5.02. The molecule has 0 unspecified atom stereocenters. The first-order valence-corrected chi connectivity index (χ1v) is 5.77. The van der Waals surface area contributed by atoms with Crippen LogP contribution >= 0.6 is 23.2 Å². The van der Waals surface area contributed by atoms with Crippen LogP contribution in [-0.4, -0.2) is 31.6 Å². The SMILES string of the molecule is CN1CC(COc2c(Cl)cc(F)cc2Cl)C1. The average molecular weight is 264 g/mol. The minimum atomic E-state index is -0.453. The minimum absolute atomic E-state index is 0.220. The van der Waals surface area contributed by atoms with E-state index in [2.05, 4.69) is 4.90 Å². The Morgan fingerprint density at radius 1 is 1.38 bits per heavy atom. The first-order chi connectivity index (χ1) is 7.56. The summed E-state index contributed by atoms with van der Waals surface area (Å²) in [5, 5.41) is 0.440. The molecule has 1 aliphatic rings. The van der Waals surface area contributed by atoms with Gasteiger partial charge in [-0.25, -0.2) is 4.39 Å². The van der Waals surface area contributed by atoms with Gasteiger partial charge in [0, 0.05) is 19.0 Å². The molecule has 2 nitrogen and oxygen atoms in total. The van der Waals surface area contributed by atoms with E-state index in [0.717, 1.165) is 13.1 Å². The van der Waals surface area contributed by atoms with Crippen LogP contribution in [-0.2, 0) is 0 Å². The van der Waals surface area contributed by atoms with E-state index in [1.165, 1.54) is 12.1 Å². The monoisotopic (exact) mass is 263 g/mol.